The van der Waals surface area contributed by atoms with Crippen LogP contribution in [0.15, 0.2) is 39.3 Å². The lowest BCUT2D eigenvalue weighted by molar-refractivity contribution is 0.716. The minimum Gasteiger partial charge on any atom is -0.324 e. The predicted molar refractivity (Wildman–Crippen MR) is 68.2 cm³/mol. The van der Waals surface area contributed by atoms with E-state index in [1.165, 1.54) is 0 Å². The van der Waals surface area contributed by atoms with Gasteiger partial charge in [0.1, 0.15) is 0 Å². The van der Waals surface area contributed by atoms with Gasteiger partial charge in [-0.05, 0) is 62.9 Å². The second kappa shape index (κ2) is 5.10. The Hall–Kier alpha value is -0.120. The monoisotopic (exact) mass is 317 g/mol. The van der Waals surface area contributed by atoms with Crippen molar-refractivity contribution >= 4 is 31.9 Å². The second-order valence-electron chi connectivity index (χ2n) is 3.44. The van der Waals surface area contributed by atoms with Gasteiger partial charge in [-0.3, -0.25) is 0 Å². The maximum absolute atomic E-state index is 6.02. The topological polar surface area (TPSA) is 26.0 Å². The van der Waals surface area contributed by atoms with Crippen LogP contribution in [-0.4, -0.2) is 0 Å². The minimum atomic E-state index is 0.0388. The van der Waals surface area contributed by atoms with E-state index in [0.29, 0.717) is 0 Å². The molecule has 0 bridgehead atoms. The molecule has 76 valence electrons. The summed E-state index contributed by atoms with van der Waals surface area (Å²) >= 11 is 6.88. The molecule has 0 heterocycles. The average Bonchev–Trinajstić information content (AvgIpc) is 2.08. The smallest absolute Gasteiger partial charge is 0.0332 e. The Morgan fingerprint density at radius 2 is 2.07 bits per heavy atom. The number of rotatable bonds is 3. The van der Waals surface area contributed by atoms with Crippen LogP contribution < -0.4 is 5.73 Å². The van der Waals surface area contributed by atoms with Crippen LogP contribution in [0.3, 0.4) is 0 Å². The quantitative estimate of drug-likeness (QED) is 0.831. The van der Waals surface area contributed by atoms with Crippen molar-refractivity contribution in [3.63, 3.8) is 0 Å². The summed E-state index contributed by atoms with van der Waals surface area (Å²) in [4.78, 5) is 0. The summed E-state index contributed by atoms with van der Waals surface area (Å²) in [6.07, 6.45) is 0.827. The van der Waals surface area contributed by atoms with E-state index >= 15 is 0 Å². The van der Waals surface area contributed by atoms with E-state index < -0.39 is 0 Å². The molecule has 14 heavy (non-hydrogen) atoms. The van der Waals surface area contributed by atoms with Crippen LogP contribution in [0.1, 0.15) is 24.9 Å². The van der Waals surface area contributed by atoms with Gasteiger partial charge in [0.05, 0.1) is 0 Å². The molecular weight excluding hydrogens is 306 g/mol. The summed E-state index contributed by atoms with van der Waals surface area (Å²) in [6, 6.07) is 6.11. The SMILES string of the molecule is C=C(C)C[C@H](N)c1ccc(Br)c(Br)c1. The predicted octanol–water partition coefficient (Wildman–Crippen LogP) is 4.18. The molecule has 3 heteroatoms. The molecule has 0 unspecified atom stereocenters. The van der Waals surface area contributed by atoms with Crippen molar-refractivity contribution < 1.29 is 0 Å². The lowest BCUT2D eigenvalue weighted by atomic mass is 10.0. The maximum Gasteiger partial charge on any atom is 0.0332 e. The molecule has 0 radical (unpaired) electrons. The number of hydrogen-bond acceptors (Lipinski definition) is 1. The molecule has 0 amide bonds. The van der Waals surface area contributed by atoms with Crippen molar-refractivity contribution in [2.75, 3.05) is 0 Å². The van der Waals surface area contributed by atoms with E-state index in [9.17, 15) is 0 Å². The van der Waals surface area contributed by atoms with E-state index in [2.05, 4.69) is 38.4 Å². The van der Waals surface area contributed by atoms with Gasteiger partial charge in [0.15, 0.2) is 0 Å². The molecule has 1 aromatic rings. The van der Waals surface area contributed by atoms with Crippen molar-refractivity contribution in [2.24, 2.45) is 5.73 Å². The summed E-state index contributed by atoms with van der Waals surface area (Å²) in [6.45, 7) is 5.85. The summed E-state index contributed by atoms with van der Waals surface area (Å²) in [5.41, 5.74) is 8.25. The molecule has 1 rings (SSSR count). The Bertz CT molecular complexity index is 347. The molecule has 0 fully saturated rings. The summed E-state index contributed by atoms with van der Waals surface area (Å²) in [7, 11) is 0. The van der Waals surface area contributed by atoms with Crippen molar-refractivity contribution in [3.8, 4) is 0 Å². The fraction of sp³-hybridized carbons (Fsp3) is 0.273. The van der Waals surface area contributed by atoms with Gasteiger partial charge in [-0.25, -0.2) is 0 Å². The van der Waals surface area contributed by atoms with Crippen molar-refractivity contribution in [2.45, 2.75) is 19.4 Å². The number of halogens is 2. The molecule has 2 N–H and O–H groups in total. The molecule has 0 aliphatic heterocycles. The van der Waals surface area contributed by atoms with E-state index in [-0.39, 0.29) is 6.04 Å². The Kier molecular flexibility index (Phi) is 4.35. The van der Waals surface area contributed by atoms with Crippen LogP contribution in [0.5, 0.6) is 0 Å². The fourth-order valence-electron chi connectivity index (χ4n) is 1.24. The Balaban J connectivity index is 2.85. The molecule has 0 saturated heterocycles. The van der Waals surface area contributed by atoms with Gasteiger partial charge in [-0.15, -0.1) is 6.58 Å². The first-order chi connectivity index (χ1) is 6.50. The molecule has 0 aromatic heterocycles. The maximum atomic E-state index is 6.02. The van der Waals surface area contributed by atoms with E-state index in [1.54, 1.807) is 0 Å². The summed E-state index contributed by atoms with van der Waals surface area (Å²) in [5.74, 6) is 0. The van der Waals surface area contributed by atoms with Crippen molar-refractivity contribution in [3.05, 3.63) is 44.9 Å². The first kappa shape index (κ1) is 12.0. The zero-order chi connectivity index (χ0) is 10.7. The molecule has 0 aliphatic carbocycles. The fourth-order valence-corrected chi connectivity index (χ4v) is 1.88. The van der Waals surface area contributed by atoms with Gasteiger partial charge in [-0.2, -0.15) is 0 Å². The third-order valence-corrected chi connectivity index (χ3v) is 3.82. The Morgan fingerprint density at radius 1 is 1.43 bits per heavy atom. The molecule has 0 saturated carbocycles. The van der Waals surface area contributed by atoms with Crippen molar-refractivity contribution in [1.82, 2.24) is 0 Å². The lowest BCUT2D eigenvalue weighted by Gasteiger charge is -2.12. The van der Waals surface area contributed by atoms with Gasteiger partial charge in [0.2, 0.25) is 0 Å². The normalized spacial score (nSPS) is 12.6. The largest absolute Gasteiger partial charge is 0.324 e. The standard InChI is InChI=1S/C11H13Br2N/c1-7(2)5-11(14)8-3-4-9(12)10(13)6-8/h3-4,6,11H,1,5,14H2,2H3/t11-/m0/s1. The van der Waals surface area contributed by atoms with E-state index in [0.717, 1.165) is 26.5 Å². The van der Waals surface area contributed by atoms with Gasteiger partial charge < -0.3 is 5.73 Å². The van der Waals surface area contributed by atoms with Gasteiger partial charge in [0, 0.05) is 15.0 Å². The zero-order valence-electron chi connectivity index (χ0n) is 8.06. The molecular formula is C11H13Br2N. The third kappa shape index (κ3) is 3.23. The first-order valence-electron chi connectivity index (χ1n) is 4.35. The van der Waals surface area contributed by atoms with Gasteiger partial charge in [0.25, 0.3) is 0 Å². The number of benzene rings is 1. The third-order valence-electron chi connectivity index (χ3n) is 1.94. The minimum absolute atomic E-state index is 0.0388. The van der Waals surface area contributed by atoms with Gasteiger partial charge >= 0.3 is 0 Å². The van der Waals surface area contributed by atoms with Crippen LogP contribution in [-0.2, 0) is 0 Å². The highest BCUT2D eigenvalue weighted by Gasteiger charge is 2.07. The van der Waals surface area contributed by atoms with Gasteiger partial charge in [-0.1, -0.05) is 11.6 Å². The van der Waals surface area contributed by atoms with Crippen LogP contribution in [0.2, 0.25) is 0 Å². The van der Waals surface area contributed by atoms with Crippen LogP contribution in [0, 0.1) is 0 Å². The molecule has 1 atom stereocenters. The second-order valence-corrected chi connectivity index (χ2v) is 5.15. The molecule has 1 aromatic carbocycles. The summed E-state index contributed by atoms with van der Waals surface area (Å²) < 4.78 is 2.08. The highest BCUT2D eigenvalue weighted by molar-refractivity contribution is 9.13. The average molecular weight is 319 g/mol. The first-order valence-corrected chi connectivity index (χ1v) is 5.94. The van der Waals surface area contributed by atoms with Crippen LogP contribution in [0.4, 0.5) is 0 Å². The number of nitrogens with two attached hydrogens (primary N) is 1. The Labute approximate surface area is 102 Å². The molecule has 1 nitrogen and oxygen atoms in total. The lowest BCUT2D eigenvalue weighted by Crippen LogP contribution is -2.10. The number of hydrogen-bond donors (Lipinski definition) is 1. The molecule has 0 spiro atoms. The molecule has 0 aliphatic rings. The highest BCUT2D eigenvalue weighted by Crippen LogP contribution is 2.27. The Morgan fingerprint density at radius 3 is 2.57 bits per heavy atom. The van der Waals surface area contributed by atoms with E-state index in [1.807, 2.05) is 25.1 Å². The van der Waals surface area contributed by atoms with Crippen LogP contribution in [0.25, 0.3) is 0 Å². The summed E-state index contributed by atoms with van der Waals surface area (Å²) in [5, 5.41) is 0. The van der Waals surface area contributed by atoms with E-state index in [4.69, 9.17) is 5.73 Å². The highest BCUT2D eigenvalue weighted by atomic mass is 79.9. The van der Waals surface area contributed by atoms with Crippen LogP contribution >= 0.6 is 31.9 Å². The van der Waals surface area contributed by atoms with Crippen molar-refractivity contribution in [1.29, 1.82) is 0 Å². The zero-order valence-corrected chi connectivity index (χ0v) is 11.2.